The maximum atomic E-state index is 11.7. The topological polar surface area (TPSA) is 61.8 Å². The number of hydrogen-bond donors (Lipinski definition) is 0. The number of carbonyl (C=O) groups is 1. The van der Waals surface area contributed by atoms with E-state index in [0.29, 0.717) is 12.8 Å². The largest absolute Gasteiger partial charge is 0.465 e. The van der Waals surface area contributed by atoms with Gasteiger partial charge in [0.15, 0.2) is 0 Å². The summed E-state index contributed by atoms with van der Waals surface area (Å²) in [5.74, 6) is -0.299. The van der Waals surface area contributed by atoms with Crippen LogP contribution in [0.5, 0.6) is 0 Å². The van der Waals surface area contributed by atoms with Gasteiger partial charge in [0.1, 0.15) is 6.61 Å². The van der Waals surface area contributed by atoms with Crippen molar-refractivity contribution < 1.29 is 23.1 Å². The molecule has 0 unspecified atom stereocenters. The summed E-state index contributed by atoms with van der Waals surface area (Å²) in [5, 5.41) is 0. The predicted octanol–water partition coefficient (Wildman–Crippen LogP) is 4.49. The standard InChI is InChI=1S/C16H29O5P/c1-14(2)8-6-9-15(3)10-7-11-16(17)21-12-13-22(18,19-4)20-5/h8,10H,6-7,9,11-13H2,1-5H3/b15-10+. The normalized spacial score (nSPS) is 12.1. The lowest BCUT2D eigenvalue weighted by molar-refractivity contribution is -0.142. The first-order valence-electron chi connectivity index (χ1n) is 7.48. The van der Waals surface area contributed by atoms with Crippen LogP contribution in [0.15, 0.2) is 23.3 Å². The molecular weight excluding hydrogens is 303 g/mol. The average Bonchev–Trinajstić information content (AvgIpc) is 2.46. The van der Waals surface area contributed by atoms with Crippen LogP contribution >= 0.6 is 7.60 Å². The Balaban J connectivity index is 3.90. The van der Waals surface area contributed by atoms with Crippen LogP contribution in [0.1, 0.15) is 46.5 Å². The molecule has 0 saturated carbocycles. The molecule has 5 nitrogen and oxygen atoms in total. The van der Waals surface area contributed by atoms with Gasteiger partial charge in [-0.15, -0.1) is 0 Å². The van der Waals surface area contributed by atoms with Crippen molar-refractivity contribution >= 4 is 13.6 Å². The molecule has 0 heterocycles. The van der Waals surface area contributed by atoms with Gasteiger partial charge in [0.25, 0.3) is 0 Å². The summed E-state index contributed by atoms with van der Waals surface area (Å²) in [6.07, 6.45) is 7.35. The molecule has 128 valence electrons. The molecule has 0 aromatic heterocycles. The lowest BCUT2D eigenvalue weighted by Crippen LogP contribution is -2.09. The van der Waals surface area contributed by atoms with E-state index < -0.39 is 7.60 Å². The van der Waals surface area contributed by atoms with E-state index in [2.05, 4.69) is 32.9 Å². The molecule has 0 aliphatic heterocycles. The molecule has 0 aromatic rings. The van der Waals surface area contributed by atoms with Gasteiger partial charge in [0.05, 0.1) is 6.16 Å². The highest BCUT2D eigenvalue weighted by atomic mass is 31.2. The molecule has 0 atom stereocenters. The van der Waals surface area contributed by atoms with E-state index in [-0.39, 0.29) is 18.7 Å². The van der Waals surface area contributed by atoms with E-state index in [1.165, 1.54) is 25.4 Å². The number of hydrogen-bond acceptors (Lipinski definition) is 5. The quantitative estimate of drug-likeness (QED) is 0.317. The first kappa shape index (κ1) is 21.1. The van der Waals surface area contributed by atoms with Crippen molar-refractivity contribution in [3.05, 3.63) is 23.3 Å². The van der Waals surface area contributed by atoms with Gasteiger partial charge >= 0.3 is 13.6 Å². The Morgan fingerprint density at radius 1 is 1.00 bits per heavy atom. The first-order valence-corrected chi connectivity index (χ1v) is 9.21. The van der Waals surface area contributed by atoms with Gasteiger partial charge in [-0.05, 0) is 40.0 Å². The van der Waals surface area contributed by atoms with Gasteiger partial charge in [0.2, 0.25) is 0 Å². The molecule has 6 heteroatoms. The third-order valence-electron chi connectivity index (χ3n) is 3.12. The SMILES string of the molecule is COP(=O)(CCOC(=O)CC/C=C(\C)CCC=C(C)C)OC. The van der Waals surface area contributed by atoms with Crippen molar-refractivity contribution in [3.63, 3.8) is 0 Å². The summed E-state index contributed by atoms with van der Waals surface area (Å²) >= 11 is 0. The summed E-state index contributed by atoms with van der Waals surface area (Å²) in [4.78, 5) is 11.6. The minimum absolute atomic E-state index is 0.0427. The molecule has 0 fully saturated rings. The van der Waals surface area contributed by atoms with Gasteiger partial charge in [-0.1, -0.05) is 23.3 Å². The Bertz CT molecular complexity index is 428. The Hall–Kier alpha value is -0.900. The Morgan fingerprint density at radius 3 is 2.14 bits per heavy atom. The second kappa shape index (κ2) is 11.6. The molecule has 0 aromatic carbocycles. The average molecular weight is 332 g/mol. The van der Waals surface area contributed by atoms with Gasteiger partial charge < -0.3 is 13.8 Å². The van der Waals surface area contributed by atoms with Crippen molar-refractivity contribution in [1.82, 2.24) is 0 Å². The van der Waals surface area contributed by atoms with E-state index in [4.69, 9.17) is 13.8 Å². The van der Waals surface area contributed by atoms with Crippen LogP contribution in [-0.4, -0.2) is 33.0 Å². The third kappa shape index (κ3) is 10.8. The Labute approximate surface area is 134 Å². The number of rotatable bonds is 11. The molecule has 0 aliphatic rings. The summed E-state index contributed by atoms with van der Waals surface area (Å²) in [6.45, 7) is 6.28. The summed E-state index contributed by atoms with van der Waals surface area (Å²) in [5.41, 5.74) is 2.59. The van der Waals surface area contributed by atoms with E-state index in [1.807, 2.05) is 0 Å². The molecule has 0 spiro atoms. The lowest BCUT2D eigenvalue weighted by Gasteiger charge is -2.13. The molecule has 0 saturated heterocycles. The molecule has 0 amide bonds. The maximum Gasteiger partial charge on any atom is 0.333 e. The molecule has 0 N–H and O–H groups in total. The van der Waals surface area contributed by atoms with Crippen molar-refractivity contribution in [2.45, 2.75) is 46.5 Å². The van der Waals surface area contributed by atoms with Gasteiger partial charge in [0, 0.05) is 20.6 Å². The Kier molecular flexibility index (Phi) is 11.2. The van der Waals surface area contributed by atoms with E-state index in [0.717, 1.165) is 12.8 Å². The highest BCUT2D eigenvalue weighted by Crippen LogP contribution is 2.45. The third-order valence-corrected chi connectivity index (χ3v) is 4.96. The van der Waals surface area contributed by atoms with Crippen LogP contribution in [0, 0.1) is 0 Å². The van der Waals surface area contributed by atoms with E-state index >= 15 is 0 Å². The fourth-order valence-corrected chi connectivity index (χ4v) is 2.56. The van der Waals surface area contributed by atoms with Crippen LogP contribution in [0.4, 0.5) is 0 Å². The van der Waals surface area contributed by atoms with E-state index in [9.17, 15) is 9.36 Å². The van der Waals surface area contributed by atoms with Crippen molar-refractivity contribution in [3.8, 4) is 0 Å². The van der Waals surface area contributed by atoms with Crippen LogP contribution in [0.25, 0.3) is 0 Å². The van der Waals surface area contributed by atoms with E-state index in [1.54, 1.807) is 0 Å². The summed E-state index contributed by atoms with van der Waals surface area (Å²) in [6, 6.07) is 0. The monoisotopic (exact) mass is 332 g/mol. The molecule has 0 bridgehead atoms. The Morgan fingerprint density at radius 2 is 1.59 bits per heavy atom. The number of esters is 1. The van der Waals surface area contributed by atoms with Crippen molar-refractivity contribution in [2.24, 2.45) is 0 Å². The molecule has 0 radical (unpaired) electrons. The maximum absolute atomic E-state index is 11.7. The minimum Gasteiger partial charge on any atom is -0.465 e. The lowest BCUT2D eigenvalue weighted by atomic mass is 10.1. The summed E-state index contributed by atoms with van der Waals surface area (Å²) < 4.78 is 26.3. The highest BCUT2D eigenvalue weighted by molar-refractivity contribution is 7.53. The zero-order valence-corrected chi connectivity index (χ0v) is 15.3. The number of allylic oxidation sites excluding steroid dienone is 4. The van der Waals surface area contributed by atoms with Gasteiger partial charge in [-0.2, -0.15) is 0 Å². The molecular formula is C16H29O5P. The first-order chi connectivity index (χ1) is 10.3. The van der Waals surface area contributed by atoms with Crippen LogP contribution in [0.2, 0.25) is 0 Å². The fraction of sp³-hybridized carbons (Fsp3) is 0.688. The van der Waals surface area contributed by atoms with Crippen molar-refractivity contribution in [2.75, 3.05) is 27.0 Å². The van der Waals surface area contributed by atoms with Gasteiger partial charge in [-0.25, -0.2) is 0 Å². The zero-order chi connectivity index (χ0) is 17.0. The highest BCUT2D eigenvalue weighted by Gasteiger charge is 2.21. The minimum atomic E-state index is -3.09. The molecule has 0 rings (SSSR count). The number of ether oxygens (including phenoxy) is 1. The second-order valence-electron chi connectivity index (χ2n) is 5.33. The predicted molar refractivity (Wildman–Crippen MR) is 89.1 cm³/mol. The smallest absolute Gasteiger partial charge is 0.333 e. The molecule has 22 heavy (non-hydrogen) atoms. The van der Waals surface area contributed by atoms with Crippen LogP contribution in [-0.2, 0) is 23.1 Å². The van der Waals surface area contributed by atoms with Crippen LogP contribution in [0.3, 0.4) is 0 Å². The van der Waals surface area contributed by atoms with Crippen molar-refractivity contribution in [1.29, 1.82) is 0 Å². The summed E-state index contributed by atoms with van der Waals surface area (Å²) in [7, 11) is -0.466. The van der Waals surface area contributed by atoms with Crippen LogP contribution < -0.4 is 0 Å². The second-order valence-corrected chi connectivity index (χ2v) is 7.73. The number of carbonyl (C=O) groups excluding carboxylic acids is 1. The molecule has 0 aliphatic carbocycles. The zero-order valence-electron chi connectivity index (χ0n) is 14.4. The van der Waals surface area contributed by atoms with Gasteiger partial charge in [-0.3, -0.25) is 9.36 Å². The fourth-order valence-electron chi connectivity index (χ4n) is 1.73.